The molecular formula is C24H25FN2O5S. The Labute approximate surface area is 192 Å². The Kier molecular flexibility index (Phi) is 7.55. The summed E-state index contributed by atoms with van der Waals surface area (Å²) in [5.74, 6) is -0.475. The van der Waals surface area contributed by atoms with E-state index in [2.05, 4.69) is 10.6 Å². The van der Waals surface area contributed by atoms with Crippen molar-refractivity contribution in [1.29, 1.82) is 0 Å². The van der Waals surface area contributed by atoms with E-state index in [4.69, 9.17) is 9.47 Å². The molecule has 0 heterocycles. The molecule has 0 aromatic heterocycles. The van der Waals surface area contributed by atoms with Crippen LogP contribution in [0.2, 0.25) is 0 Å². The predicted molar refractivity (Wildman–Crippen MR) is 123 cm³/mol. The molecule has 0 saturated carbocycles. The maximum atomic E-state index is 14.0. The van der Waals surface area contributed by atoms with E-state index in [0.29, 0.717) is 12.3 Å². The van der Waals surface area contributed by atoms with Crippen molar-refractivity contribution >= 4 is 21.4 Å². The van der Waals surface area contributed by atoms with Gasteiger partial charge in [-0.15, -0.1) is 0 Å². The molecular weight excluding hydrogens is 447 g/mol. The van der Waals surface area contributed by atoms with Gasteiger partial charge in [-0.3, -0.25) is 4.79 Å². The Hall–Kier alpha value is -3.59. The lowest BCUT2D eigenvalue weighted by atomic mass is 10.1. The minimum atomic E-state index is -4.13. The number of aryl methyl sites for hydroxylation is 1. The van der Waals surface area contributed by atoms with Crippen LogP contribution in [0.25, 0.3) is 0 Å². The summed E-state index contributed by atoms with van der Waals surface area (Å²) in [6.45, 7) is 2.12. The lowest BCUT2D eigenvalue weighted by Crippen LogP contribution is -2.29. The van der Waals surface area contributed by atoms with Crippen LogP contribution in [0.4, 0.5) is 10.1 Å². The quantitative estimate of drug-likeness (QED) is 0.493. The monoisotopic (exact) mass is 472 g/mol. The summed E-state index contributed by atoms with van der Waals surface area (Å²) in [7, 11) is -1.30. The Morgan fingerprint density at radius 3 is 2.30 bits per heavy atom. The van der Waals surface area contributed by atoms with Gasteiger partial charge in [-0.25, -0.2) is 12.8 Å². The van der Waals surface area contributed by atoms with E-state index in [1.165, 1.54) is 38.5 Å². The zero-order valence-corrected chi connectivity index (χ0v) is 19.3. The lowest BCUT2D eigenvalue weighted by molar-refractivity contribution is -0.119. The average Bonchev–Trinajstić information content (AvgIpc) is 2.82. The molecule has 0 aliphatic heterocycles. The van der Waals surface area contributed by atoms with Gasteiger partial charge in [-0.1, -0.05) is 29.8 Å². The Bertz CT molecular complexity index is 1240. The number of methoxy groups -OCH3 is 2. The van der Waals surface area contributed by atoms with Crippen LogP contribution in [0.1, 0.15) is 11.1 Å². The van der Waals surface area contributed by atoms with E-state index in [1.807, 2.05) is 31.2 Å². The summed E-state index contributed by atoms with van der Waals surface area (Å²) in [4.78, 5) is 11.9. The molecule has 3 aromatic carbocycles. The molecule has 0 aliphatic carbocycles. The van der Waals surface area contributed by atoms with Crippen LogP contribution in [-0.4, -0.2) is 35.1 Å². The number of benzene rings is 3. The molecule has 0 atom stereocenters. The summed E-state index contributed by atoms with van der Waals surface area (Å²) < 4.78 is 50.8. The zero-order chi connectivity index (χ0) is 24.0. The third kappa shape index (κ3) is 5.81. The Morgan fingerprint density at radius 2 is 1.64 bits per heavy atom. The molecule has 174 valence electrons. The topological polar surface area (TPSA) is 93.7 Å². The highest BCUT2D eigenvalue weighted by atomic mass is 32.2. The van der Waals surface area contributed by atoms with Gasteiger partial charge in [0.05, 0.1) is 36.2 Å². The number of sulfone groups is 1. The van der Waals surface area contributed by atoms with Crippen LogP contribution in [0.5, 0.6) is 11.5 Å². The van der Waals surface area contributed by atoms with Gasteiger partial charge in [-0.2, -0.15) is 0 Å². The molecule has 3 rings (SSSR count). The molecule has 7 nitrogen and oxygen atoms in total. The molecule has 1 amide bonds. The zero-order valence-electron chi connectivity index (χ0n) is 18.5. The van der Waals surface area contributed by atoms with E-state index in [-0.39, 0.29) is 33.7 Å². The minimum Gasteiger partial charge on any atom is -0.493 e. The highest BCUT2D eigenvalue weighted by molar-refractivity contribution is 7.91. The van der Waals surface area contributed by atoms with Crippen LogP contribution in [0, 0.1) is 12.7 Å². The van der Waals surface area contributed by atoms with E-state index in [1.54, 1.807) is 0 Å². The van der Waals surface area contributed by atoms with Gasteiger partial charge in [-0.05, 0) is 42.8 Å². The number of carbonyl (C=O) groups is 1. The smallest absolute Gasteiger partial charge is 0.239 e. The average molecular weight is 473 g/mol. The maximum absolute atomic E-state index is 14.0. The predicted octanol–water partition coefficient (Wildman–Crippen LogP) is 3.71. The number of anilines is 1. The second-order valence-corrected chi connectivity index (χ2v) is 9.19. The normalized spacial score (nSPS) is 11.0. The Balaban J connectivity index is 1.78. The van der Waals surface area contributed by atoms with Gasteiger partial charge >= 0.3 is 0 Å². The van der Waals surface area contributed by atoms with Crippen molar-refractivity contribution in [3.05, 3.63) is 77.6 Å². The summed E-state index contributed by atoms with van der Waals surface area (Å²) >= 11 is 0. The summed E-state index contributed by atoms with van der Waals surface area (Å²) in [5.41, 5.74) is 2.16. The van der Waals surface area contributed by atoms with Gasteiger partial charge in [0.15, 0.2) is 11.5 Å². The van der Waals surface area contributed by atoms with Crippen LogP contribution in [0.15, 0.2) is 70.5 Å². The number of rotatable bonds is 9. The fraction of sp³-hybridized carbons (Fsp3) is 0.208. The van der Waals surface area contributed by atoms with Crippen LogP contribution < -0.4 is 20.1 Å². The number of hydrogen-bond donors (Lipinski definition) is 2. The summed E-state index contributed by atoms with van der Waals surface area (Å²) in [6, 6.07) is 15.2. The van der Waals surface area contributed by atoms with Crippen molar-refractivity contribution in [2.75, 3.05) is 26.1 Å². The van der Waals surface area contributed by atoms with E-state index < -0.39 is 15.7 Å². The van der Waals surface area contributed by atoms with Crippen LogP contribution >= 0.6 is 0 Å². The van der Waals surface area contributed by atoms with Gasteiger partial charge in [0.1, 0.15) is 5.82 Å². The molecule has 0 saturated heterocycles. The first-order chi connectivity index (χ1) is 15.7. The molecule has 0 aliphatic rings. The fourth-order valence-electron chi connectivity index (χ4n) is 3.12. The van der Waals surface area contributed by atoms with E-state index in [0.717, 1.165) is 23.3 Å². The van der Waals surface area contributed by atoms with Crippen LogP contribution in [-0.2, 0) is 21.2 Å². The van der Waals surface area contributed by atoms with Gasteiger partial charge < -0.3 is 20.1 Å². The second-order valence-electron chi connectivity index (χ2n) is 7.28. The molecule has 2 N–H and O–H groups in total. The van der Waals surface area contributed by atoms with Crippen molar-refractivity contribution in [2.24, 2.45) is 0 Å². The summed E-state index contributed by atoms with van der Waals surface area (Å²) in [6.07, 6.45) is 0. The third-order valence-electron chi connectivity index (χ3n) is 4.95. The van der Waals surface area contributed by atoms with Crippen LogP contribution in [0.3, 0.4) is 0 Å². The molecule has 0 bridgehead atoms. The van der Waals surface area contributed by atoms with Gasteiger partial charge in [0.25, 0.3) is 0 Å². The highest BCUT2D eigenvalue weighted by Crippen LogP contribution is 2.34. The number of nitrogens with one attached hydrogen (secondary N) is 2. The van der Waals surface area contributed by atoms with E-state index >= 15 is 0 Å². The second kappa shape index (κ2) is 10.4. The molecule has 9 heteroatoms. The lowest BCUT2D eigenvalue weighted by Gasteiger charge is -2.14. The number of amides is 1. The molecule has 0 fully saturated rings. The molecule has 3 aromatic rings. The SMILES string of the molecule is COc1ccc(S(=O)(=O)c2cc(F)ccc2NCC(=O)NCc2ccc(C)cc2)cc1OC. The first-order valence-electron chi connectivity index (χ1n) is 10.1. The third-order valence-corrected chi connectivity index (χ3v) is 6.74. The molecule has 0 unspecified atom stereocenters. The molecule has 0 radical (unpaired) electrons. The van der Waals surface area contributed by atoms with Gasteiger partial charge in [0.2, 0.25) is 15.7 Å². The van der Waals surface area contributed by atoms with Crippen molar-refractivity contribution < 1.29 is 27.1 Å². The van der Waals surface area contributed by atoms with Gasteiger partial charge in [0, 0.05) is 12.6 Å². The highest BCUT2D eigenvalue weighted by Gasteiger charge is 2.24. The Morgan fingerprint density at radius 1 is 0.939 bits per heavy atom. The first kappa shape index (κ1) is 24.1. The fourth-order valence-corrected chi connectivity index (χ4v) is 4.58. The number of ether oxygens (including phenoxy) is 2. The number of carbonyl (C=O) groups excluding carboxylic acids is 1. The standard InChI is InChI=1S/C24H25FN2O5S/c1-16-4-6-17(7-5-16)14-27-24(28)15-26-20-10-8-18(25)12-23(20)33(29,30)19-9-11-21(31-2)22(13-19)32-3/h4-13,26H,14-15H2,1-3H3,(H,27,28). The number of halogens is 1. The molecule has 33 heavy (non-hydrogen) atoms. The molecule has 0 spiro atoms. The van der Waals surface area contributed by atoms with Crippen molar-refractivity contribution in [3.63, 3.8) is 0 Å². The first-order valence-corrected chi connectivity index (χ1v) is 11.6. The minimum absolute atomic E-state index is 0.0994. The van der Waals surface area contributed by atoms with Crippen molar-refractivity contribution in [3.8, 4) is 11.5 Å². The maximum Gasteiger partial charge on any atom is 0.239 e. The van der Waals surface area contributed by atoms with Crippen molar-refractivity contribution in [1.82, 2.24) is 5.32 Å². The summed E-state index contributed by atoms with van der Waals surface area (Å²) in [5, 5.41) is 5.56. The van der Waals surface area contributed by atoms with E-state index in [9.17, 15) is 17.6 Å². The number of hydrogen-bond acceptors (Lipinski definition) is 6. The largest absolute Gasteiger partial charge is 0.493 e. The van der Waals surface area contributed by atoms with Crippen molar-refractivity contribution in [2.45, 2.75) is 23.3 Å².